The van der Waals surface area contributed by atoms with Gasteiger partial charge < -0.3 is 25.0 Å². The minimum Gasteiger partial charge on any atom is -0.480 e. The summed E-state index contributed by atoms with van der Waals surface area (Å²) in [6.45, 7) is 0.831. The summed E-state index contributed by atoms with van der Waals surface area (Å²) in [6.07, 6.45) is 1.36. The lowest BCUT2D eigenvalue weighted by Crippen LogP contribution is -2.52. The number of ether oxygens (including phenoxy) is 1. The Balaban J connectivity index is 2.61. The molecule has 1 fully saturated rings. The predicted octanol–water partition coefficient (Wildman–Crippen LogP) is -0.404. The highest BCUT2D eigenvalue weighted by Crippen LogP contribution is 2.17. The molecule has 21 heavy (non-hydrogen) atoms. The monoisotopic (exact) mass is 301 g/mol. The second-order valence-electron chi connectivity index (χ2n) is 5.32. The van der Waals surface area contributed by atoms with Crippen molar-refractivity contribution in [3.05, 3.63) is 0 Å². The van der Waals surface area contributed by atoms with Gasteiger partial charge in [-0.15, -0.1) is 0 Å². The average Bonchev–Trinajstić information content (AvgIpc) is 2.45. The first kappa shape index (κ1) is 17.2. The molecule has 120 valence electrons. The lowest BCUT2D eigenvalue weighted by molar-refractivity contribution is -0.144. The Kier molecular flexibility index (Phi) is 6.41. The Hall–Kier alpha value is -1.83. The van der Waals surface area contributed by atoms with Crippen LogP contribution in [0.5, 0.6) is 0 Å². The summed E-state index contributed by atoms with van der Waals surface area (Å²) < 4.78 is 4.78. The SMILES string of the molecule is COCC(NC(=O)C1CCCN(C(=O)N(C)C)C1)C(=O)O. The minimum absolute atomic E-state index is 0.0892. The second kappa shape index (κ2) is 7.82. The fourth-order valence-corrected chi connectivity index (χ4v) is 2.28. The van der Waals surface area contributed by atoms with Gasteiger partial charge in [0.2, 0.25) is 5.91 Å². The molecule has 1 saturated heterocycles. The molecule has 2 N–H and O–H groups in total. The molecule has 8 nitrogen and oxygen atoms in total. The van der Waals surface area contributed by atoms with Crippen LogP contribution >= 0.6 is 0 Å². The van der Waals surface area contributed by atoms with Gasteiger partial charge in [0, 0.05) is 34.3 Å². The van der Waals surface area contributed by atoms with Crippen LogP contribution in [0.1, 0.15) is 12.8 Å². The third-order valence-corrected chi connectivity index (χ3v) is 3.39. The number of piperidine rings is 1. The number of carboxylic acid groups (broad SMARTS) is 1. The van der Waals surface area contributed by atoms with E-state index in [0.29, 0.717) is 19.5 Å². The number of aliphatic carboxylic acids is 1. The molecule has 1 aliphatic heterocycles. The number of rotatable bonds is 5. The number of nitrogens with zero attached hydrogens (tertiary/aromatic N) is 2. The van der Waals surface area contributed by atoms with E-state index in [4.69, 9.17) is 9.84 Å². The zero-order valence-corrected chi connectivity index (χ0v) is 12.7. The first-order valence-electron chi connectivity index (χ1n) is 6.85. The third-order valence-electron chi connectivity index (χ3n) is 3.39. The molecule has 0 radical (unpaired) electrons. The van der Waals surface area contributed by atoms with Crippen molar-refractivity contribution in [1.82, 2.24) is 15.1 Å². The molecule has 0 aromatic heterocycles. The number of likely N-dealkylation sites (tertiary alicyclic amines) is 1. The molecule has 2 unspecified atom stereocenters. The van der Waals surface area contributed by atoms with Gasteiger partial charge in [-0.3, -0.25) is 4.79 Å². The maximum absolute atomic E-state index is 12.1. The van der Waals surface area contributed by atoms with E-state index in [9.17, 15) is 14.4 Å². The maximum Gasteiger partial charge on any atom is 0.328 e. The van der Waals surface area contributed by atoms with Gasteiger partial charge in [-0.1, -0.05) is 0 Å². The maximum atomic E-state index is 12.1. The number of carbonyl (C=O) groups is 3. The van der Waals surface area contributed by atoms with Crippen molar-refractivity contribution in [3.63, 3.8) is 0 Å². The molecular weight excluding hydrogens is 278 g/mol. The molecule has 2 atom stereocenters. The molecule has 1 aliphatic rings. The minimum atomic E-state index is -1.14. The highest BCUT2D eigenvalue weighted by Gasteiger charge is 2.31. The van der Waals surface area contributed by atoms with Crippen molar-refractivity contribution in [1.29, 1.82) is 0 Å². The number of methoxy groups -OCH3 is 1. The van der Waals surface area contributed by atoms with Crippen molar-refractivity contribution >= 4 is 17.9 Å². The van der Waals surface area contributed by atoms with Crippen molar-refractivity contribution in [2.75, 3.05) is 40.9 Å². The Bertz CT molecular complexity index is 399. The number of amides is 3. The van der Waals surface area contributed by atoms with Crippen molar-refractivity contribution < 1.29 is 24.2 Å². The quantitative estimate of drug-likeness (QED) is 0.719. The van der Waals surface area contributed by atoms with Crippen LogP contribution in [-0.2, 0) is 14.3 Å². The first-order chi connectivity index (χ1) is 9.86. The third kappa shape index (κ3) is 4.89. The van der Waals surface area contributed by atoms with Gasteiger partial charge in [-0.25, -0.2) is 9.59 Å². The fourth-order valence-electron chi connectivity index (χ4n) is 2.28. The number of nitrogens with one attached hydrogen (secondary N) is 1. The van der Waals surface area contributed by atoms with Gasteiger partial charge in [0.25, 0.3) is 0 Å². The van der Waals surface area contributed by atoms with Gasteiger partial charge in [0.05, 0.1) is 12.5 Å². The summed E-state index contributed by atoms with van der Waals surface area (Å²) in [5.41, 5.74) is 0. The van der Waals surface area contributed by atoms with Crippen molar-refractivity contribution in [2.45, 2.75) is 18.9 Å². The molecule has 0 spiro atoms. The van der Waals surface area contributed by atoms with E-state index in [1.165, 1.54) is 12.0 Å². The molecule has 0 aliphatic carbocycles. The van der Waals surface area contributed by atoms with Crippen molar-refractivity contribution in [2.24, 2.45) is 5.92 Å². The van der Waals surface area contributed by atoms with Crippen molar-refractivity contribution in [3.8, 4) is 0 Å². The molecule has 1 heterocycles. The molecule has 1 rings (SSSR count). The second-order valence-corrected chi connectivity index (χ2v) is 5.32. The number of carbonyl (C=O) groups excluding carboxylic acids is 2. The van der Waals surface area contributed by atoms with E-state index in [2.05, 4.69) is 5.32 Å². The average molecular weight is 301 g/mol. The Morgan fingerprint density at radius 1 is 1.43 bits per heavy atom. The largest absolute Gasteiger partial charge is 0.480 e. The Labute approximate surface area is 124 Å². The Morgan fingerprint density at radius 2 is 2.10 bits per heavy atom. The van der Waals surface area contributed by atoms with E-state index < -0.39 is 12.0 Å². The first-order valence-corrected chi connectivity index (χ1v) is 6.85. The van der Waals surface area contributed by atoms with Gasteiger partial charge in [-0.2, -0.15) is 0 Å². The van der Waals surface area contributed by atoms with Gasteiger partial charge in [-0.05, 0) is 12.8 Å². The zero-order chi connectivity index (χ0) is 16.0. The summed E-state index contributed by atoms with van der Waals surface area (Å²) in [5, 5.41) is 11.5. The van der Waals surface area contributed by atoms with Crippen LogP contribution < -0.4 is 5.32 Å². The molecule has 0 bridgehead atoms. The number of carboxylic acids is 1. The number of urea groups is 1. The molecule has 0 saturated carbocycles. The van der Waals surface area contributed by atoms with Crippen LogP contribution in [0, 0.1) is 5.92 Å². The zero-order valence-electron chi connectivity index (χ0n) is 12.7. The van der Waals surface area contributed by atoms with Gasteiger partial charge >= 0.3 is 12.0 Å². The van der Waals surface area contributed by atoms with Crippen LogP contribution in [0.3, 0.4) is 0 Å². The number of hydrogen-bond acceptors (Lipinski definition) is 4. The summed E-state index contributed by atoms with van der Waals surface area (Å²) in [4.78, 5) is 38.1. The van der Waals surface area contributed by atoms with Crippen LogP contribution in [0.15, 0.2) is 0 Å². The van der Waals surface area contributed by atoms with Crippen LogP contribution in [-0.4, -0.2) is 79.8 Å². The lowest BCUT2D eigenvalue weighted by atomic mass is 9.97. The molecular formula is C13H23N3O5. The topological polar surface area (TPSA) is 99.2 Å². The van der Waals surface area contributed by atoms with Gasteiger partial charge in [0.15, 0.2) is 6.04 Å². The van der Waals surface area contributed by atoms with E-state index in [-0.39, 0.29) is 24.5 Å². The van der Waals surface area contributed by atoms with Gasteiger partial charge in [0.1, 0.15) is 0 Å². The van der Waals surface area contributed by atoms with E-state index in [0.717, 1.165) is 6.42 Å². The molecule has 8 heteroatoms. The highest BCUT2D eigenvalue weighted by atomic mass is 16.5. The van der Waals surface area contributed by atoms with Crippen LogP contribution in [0.2, 0.25) is 0 Å². The lowest BCUT2D eigenvalue weighted by Gasteiger charge is -2.34. The number of hydrogen-bond donors (Lipinski definition) is 2. The summed E-state index contributed by atoms with van der Waals surface area (Å²) in [7, 11) is 4.69. The highest BCUT2D eigenvalue weighted by molar-refractivity contribution is 5.85. The standard InChI is InChI=1S/C13H23N3O5/c1-15(2)13(20)16-6-4-5-9(7-16)11(17)14-10(8-21-3)12(18)19/h9-10H,4-8H2,1-3H3,(H,14,17)(H,18,19). The fraction of sp³-hybridized carbons (Fsp3) is 0.769. The van der Waals surface area contributed by atoms with Crippen LogP contribution in [0.25, 0.3) is 0 Å². The Morgan fingerprint density at radius 3 is 2.62 bits per heavy atom. The molecule has 0 aromatic carbocycles. The molecule has 0 aromatic rings. The summed E-state index contributed by atoms with van der Waals surface area (Å²) in [5.74, 6) is -1.88. The van der Waals surface area contributed by atoms with E-state index in [1.807, 2.05) is 0 Å². The predicted molar refractivity (Wildman–Crippen MR) is 74.8 cm³/mol. The van der Waals surface area contributed by atoms with Crippen LogP contribution in [0.4, 0.5) is 4.79 Å². The smallest absolute Gasteiger partial charge is 0.328 e. The molecule has 3 amide bonds. The van der Waals surface area contributed by atoms with E-state index >= 15 is 0 Å². The summed E-state index contributed by atoms with van der Waals surface area (Å²) in [6, 6.07) is -1.21. The summed E-state index contributed by atoms with van der Waals surface area (Å²) >= 11 is 0. The normalized spacial score (nSPS) is 19.8. The van der Waals surface area contributed by atoms with E-state index in [1.54, 1.807) is 19.0 Å².